The van der Waals surface area contributed by atoms with Crippen LogP contribution in [0.3, 0.4) is 0 Å². The summed E-state index contributed by atoms with van der Waals surface area (Å²) in [6.45, 7) is 0.255. The molecule has 1 aromatic rings. The van der Waals surface area contributed by atoms with Crippen LogP contribution in [-0.2, 0) is 9.59 Å². The third-order valence-corrected chi connectivity index (χ3v) is 5.12. The molecule has 3 rings (SSSR count). The highest BCUT2D eigenvalue weighted by Gasteiger charge is 2.38. The molecule has 0 bridgehead atoms. The molecular formula is C17H21ClN2O4. The van der Waals surface area contributed by atoms with Crippen LogP contribution in [0.5, 0.6) is 0 Å². The van der Waals surface area contributed by atoms with E-state index in [-0.39, 0.29) is 36.8 Å². The van der Waals surface area contributed by atoms with Crippen LogP contribution in [0.25, 0.3) is 0 Å². The van der Waals surface area contributed by atoms with Gasteiger partial charge in [0, 0.05) is 42.2 Å². The highest BCUT2D eigenvalue weighted by molar-refractivity contribution is 6.30. The van der Waals surface area contributed by atoms with Crippen molar-refractivity contribution < 1.29 is 19.8 Å². The summed E-state index contributed by atoms with van der Waals surface area (Å²) in [4.78, 5) is 26.2. The van der Waals surface area contributed by atoms with Crippen molar-refractivity contribution in [1.82, 2.24) is 5.32 Å². The van der Waals surface area contributed by atoms with Crippen LogP contribution in [0, 0.1) is 11.8 Å². The Morgan fingerprint density at radius 3 is 2.62 bits per heavy atom. The third-order valence-electron chi connectivity index (χ3n) is 4.87. The first-order valence-electron chi connectivity index (χ1n) is 8.13. The molecule has 1 aromatic carbocycles. The molecule has 4 atom stereocenters. The predicted molar refractivity (Wildman–Crippen MR) is 89.7 cm³/mol. The molecule has 2 fully saturated rings. The number of benzene rings is 1. The van der Waals surface area contributed by atoms with Gasteiger partial charge in [-0.1, -0.05) is 11.6 Å². The molecule has 0 unspecified atom stereocenters. The Morgan fingerprint density at radius 2 is 2.00 bits per heavy atom. The Hall–Kier alpha value is -1.63. The molecule has 2 amide bonds. The maximum absolute atomic E-state index is 12.4. The lowest BCUT2D eigenvalue weighted by Crippen LogP contribution is -2.39. The number of anilines is 1. The van der Waals surface area contributed by atoms with E-state index < -0.39 is 12.0 Å². The fourth-order valence-electron chi connectivity index (χ4n) is 3.49. The monoisotopic (exact) mass is 352 g/mol. The standard InChI is InChI=1S/C17H21ClN2O4/c18-12-1-3-14(4-2-12)20-8-10(6-16(20)23)17(24)19-13-5-11(9-21)15(22)7-13/h1-4,10-11,13,15,21-22H,5-9H2,(H,19,24)/t10-,11+,13+,15+/m0/s1. The summed E-state index contributed by atoms with van der Waals surface area (Å²) in [6, 6.07) is 6.81. The number of hydrogen-bond donors (Lipinski definition) is 3. The van der Waals surface area contributed by atoms with Crippen molar-refractivity contribution in [2.45, 2.75) is 31.4 Å². The first-order valence-corrected chi connectivity index (χ1v) is 8.51. The van der Waals surface area contributed by atoms with Crippen LogP contribution in [-0.4, -0.2) is 47.3 Å². The number of carbonyl (C=O) groups excluding carboxylic acids is 2. The number of carbonyl (C=O) groups is 2. The largest absolute Gasteiger partial charge is 0.396 e. The third kappa shape index (κ3) is 3.55. The zero-order chi connectivity index (χ0) is 17.3. The van der Waals surface area contributed by atoms with Crippen LogP contribution in [0.2, 0.25) is 5.02 Å². The number of amides is 2. The van der Waals surface area contributed by atoms with Gasteiger partial charge in [-0.05, 0) is 37.1 Å². The minimum absolute atomic E-state index is 0.0835. The number of aliphatic hydroxyl groups excluding tert-OH is 2. The van der Waals surface area contributed by atoms with Gasteiger partial charge in [-0.15, -0.1) is 0 Å². The summed E-state index contributed by atoms with van der Waals surface area (Å²) in [5.41, 5.74) is 0.733. The maximum atomic E-state index is 12.4. The average Bonchev–Trinajstić information content (AvgIpc) is 3.11. The molecule has 6 nitrogen and oxygen atoms in total. The Labute approximate surface area is 145 Å². The van der Waals surface area contributed by atoms with Crippen molar-refractivity contribution in [2.75, 3.05) is 18.1 Å². The number of rotatable bonds is 4. The van der Waals surface area contributed by atoms with Gasteiger partial charge in [-0.2, -0.15) is 0 Å². The van der Waals surface area contributed by atoms with E-state index in [1.165, 1.54) is 0 Å². The Bertz CT molecular complexity index is 622. The van der Waals surface area contributed by atoms with E-state index in [9.17, 15) is 19.8 Å². The van der Waals surface area contributed by atoms with E-state index in [0.717, 1.165) is 5.69 Å². The van der Waals surface area contributed by atoms with Gasteiger partial charge in [0.05, 0.1) is 12.0 Å². The van der Waals surface area contributed by atoms with E-state index in [1.807, 2.05) is 0 Å². The molecule has 1 saturated heterocycles. The highest BCUT2D eigenvalue weighted by Crippen LogP contribution is 2.29. The van der Waals surface area contributed by atoms with E-state index >= 15 is 0 Å². The topological polar surface area (TPSA) is 89.9 Å². The number of aliphatic hydroxyl groups is 2. The summed E-state index contributed by atoms with van der Waals surface area (Å²) in [5, 5.41) is 22.5. The van der Waals surface area contributed by atoms with Crippen molar-refractivity contribution in [2.24, 2.45) is 11.8 Å². The zero-order valence-electron chi connectivity index (χ0n) is 13.2. The number of nitrogens with zero attached hydrogens (tertiary/aromatic N) is 1. The lowest BCUT2D eigenvalue weighted by Gasteiger charge is -2.18. The lowest BCUT2D eigenvalue weighted by molar-refractivity contribution is -0.126. The average molecular weight is 353 g/mol. The molecule has 1 saturated carbocycles. The quantitative estimate of drug-likeness (QED) is 0.752. The van der Waals surface area contributed by atoms with Gasteiger partial charge in [0.1, 0.15) is 0 Å². The summed E-state index contributed by atoms with van der Waals surface area (Å²) in [6.07, 6.45) is 0.590. The highest BCUT2D eigenvalue weighted by atomic mass is 35.5. The van der Waals surface area contributed by atoms with Gasteiger partial charge in [0.15, 0.2) is 0 Å². The molecule has 0 radical (unpaired) electrons. The minimum atomic E-state index is -0.587. The van der Waals surface area contributed by atoms with Gasteiger partial charge in [0.2, 0.25) is 11.8 Å². The molecule has 0 aromatic heterocycles. The number of hydrogen-bond acceptors (Lipinski definition) is 4. The number of halogens is 1. The maximum Gasteiger partial charge on any atom is 0.227 e. The Balaban J connectivity index is 1.59. The van der Waals surface area contributed by atoms with Crippen molar-refractivity contribution in [3.63, 3.8) is 0 Å². The molecule has 7 heteroatoms. The summed E-state index contributed by atoms with van der Waals surface area (Å²) in [5.74, 6) is -0.850. The smallest absolute Gasteiger partial charge is 0.227 e. The minimum Gasteiger partial charge on any atom is -0.396 e. The number of nitrogens with one attached hydrogen (secondary N) is 1. The van der Waals surface area contributed by atoms with Crippen molar-refractivity contribution in [1.29, 1.82) is 0 Å². The van der Waals surface area contributed by atoms with E-state index in [4.69, 9.17) is 11.6 Å². The van der Waals surface area contributed by atoms with Crippen molar-refractivity contribution in [3.05, 3.63) is 29.3 Å². The molecule has 3 N–H and O–H groups in total. The Kier molecular flexibility index (Phi) is 5.08. The molecule has 0 spiro atoms. The molecular weight excluding hydrogens is 332 g/mol. The fraction of sp³-hybridized carbons (Fsp3) is 0.529. The summed E-state index contributed by atoms with van der Waals surface area (Å²) < 4.78 is 0. The molecule has 130 valence electrons. The van der Waals surface area contributed by atoms with E-state index in [0.29, 0.717) is 24.4 Å². The van der Waals surface area contributed by atoms with E-state index in [2.05, 4.69) is 5.32 Å². The SMILES string of the molecule is O=C(N[C@@H]1C[C@H](CO)[C@H](O)C1)[C@H]1CC(=O)N(c2ccc(Cl)cc2)C1. The summed E-state index contributed by atoms with van der Waals surface area (Å²) >= 11 is 5.86. The predicted octanol–water partition coefficient (Wildman–Crippen LogP) is 0.941. The second-order valence-electron chi connectivity index (χ2n) is 6.57. The van der Waals surface area contributed by atoms with Crippen molar-refractivity contribution >= 4 is 29.1 Å². The van der Waals surface area contributed by atoms with Crippen LogP contribution in [0.15, 0.2) is 24.3 Å². The molecule has 1 aliphatic carbocycles. The zero-order valence-corrected chi connectivity index (χ0v) is 13.9. The first kappa shape index (κ1) is 17.2. The lowest BCUT2D eigenvalue weighted by atomic mass is 10.1. The van der Waals surface area contributed by atoms with Gasteiger partial charge in [-0.3, -0.25) is 9.59 Å². The molecule has 24 heavy (non-hydrogen) atoms. The summed E-state index contributed by atoms with van der Waals surface area (Å²) in [7, 11) is 0. The molecule has 1 heterocycles. The Morgan fingerprint density at radius 1 is 1.29 bits per heavy atom. The van der Waals surface area contributed by atoms with Gasteiger partial charge < -0.3 is 20.4 Å². The van der Waals surface area contributed by atoms with Crippen LogP contribution < -0.4 is 10.2 Å². The van der Waals surface area contributed by atoms with E-state index in [1.54, 1.807) is 29.2 Å². The first-order chi connectivity index (χ1) is 11.5. The molecule has 2 aliphatic rings. The van der Waals surface area contributed by atoms with Crippen LogP contribution in [0.1, 0.15) is 19.3 Å². The van der Waals surface area contributed by atoms with Crippen LogP contribution in [0.4, 0.5) is 5.69 Å². The van der Waals surface area contributed by atoms with Gasteiger partial charge >= 0.3 is 0 Å². The second kappa shape index (κ2) is 7.09. The van der Waals surface area contributed by atoms with Crippen LogP contribution >= 0.6 is 11.6 Å². The van der Waals surface area contributed by atoms with Gasteiger partial charge in [0.25, 0.3) is 0 Å². The molecule has 1 aliphatic heterocycles. The van der Waals surface area contributed by atoms with Gasteiger partial charge in [-0.25, -0.2) is 0 Å². The van der Waals surface area contributed by atoms with Crippen molar-refractivity contribution in [3.8, 4) is 0 Å². The second-order valence-corrected chi connectivity index (χ2v) is 7.01. The fourth-order valence-corrected chi connectivity index (χ4v) is 3.62. The normalized spacial score (nSPS) is 30.0.